The van der Waals surface area contributed by atoms with Crippen LogP contribution < -0.4 is 15.5 Å². The van der Waals surface area contributed by atoms with Gasteiger partial charge in [0.25, 0.3) is 0 Å². The largest absolute Gasteiger partial charge is 0.374 e. The topological polar surface area (TPSA) is 49.1 Å². The zero-order chi connectivity index (χ0) is 27.2. The fourth-order valence-corrected chi connectivity index (χ4v) is 4.39. The second-order valence-electron chi connectivity index (χ2n) is 9.10. The second-order valence-corrected chi connectivity index (χ2v) is 9.54. The van der Waals surface area contributed by atoms with Crippen LogP contribution in [0, 0.1) is 0 Å². The Morgan fingerprint density at radius 2 is 1.76 bits per heavy atom. The summed E-state index contributed by atoms with van der Waals surface area (Å²) in [6.45, 7) is 25.5. The summed E-state index contributed by atoms with van der Waals surface area (Å²) in [5, 5.41) is 7.22. The quantitative estimate of drug-likeness (QED) is 0.511. The Kier molecular flexibility index (Phi) is 13.9. The standard InChI is InChI=1S/C22H30ClN5O.C5H11N.C2H6/c1-17-18(2)28(20-6-4-19(23)5-7-20)24-22(17)27-14-15-29-21(16-27)8-9-26-12-10-25(3)11-13-26;1-3-5-6-4-2;1-2/h4-7,21H,1-2,8-16H2,3H3;5H,3-4H2,1-2H3;1-2H3. The lowest BCUT2D eigenvalue weighted by atomic mass is 10.2. The van der Waals surface area contributed by atoms with Gasteiger partial charge >= 0.3 is 0 Å². The first-order chi connectivity index (χ1) is 17.9. The van der Waals surface area contributed by atoms with Crippen LogP contribution >= 0.6 is 11.6 Å². The average Bonchev–Trinajstić information content (AvgIpc) is 3.23. The molecule has 0 spiro atoms. The monoisotopic (exact) mass is 530 g/mol. The Balaban J connectivity index is 0.000000531. The van der Waals surface area contributed by atoms with Gasteiger partial charge in [-0.3, -0.25) is 4.99 Å². The molecule has 1 aromatic heterocycles. The Morgan fingerprint density at radius 3 is 2.35 bits per heavy atom. The molecule has 206 valence electrons. The zero-order valence-corrected chi connectivity index (χ0v) is 24.4. The molecule has 7 nitrogen and oxygen atoms in total. The van der Waals surface area contributed by atoms with Gasteiger partial charge in [0.05, 0.1) is 23.7 Å². The van der Waals surface area contributed by atoms with Crippen LogP contribution in [0.2, 0.25) is 5.02 Å². The first-order valence-corrected chi connectivity index (χ1v) is 14.1. The highest BCUT2D eigenvalue weighted by Crippen LogP contribution is 2.16. The molecule has 0 N–H and O–H groups in total. The van der Waals surface area contributed by atoms with Crippen molar-refractivity contribution in [1.29, 1.82) is 0 Å². The van der Waals surface area contributed by atoms with E-state index in [9.17, 15) is 0 Å². The van der Waals surface area contributed by atoms with E-state index in [0.29, 0.717) is 11.6 Å². The average molecular weight is 531 g/mol. The van der Waals surface area contributed by atoms with Gasteiger partial charge in [-0.25, -0.2) is 4.68 Å². The molecule has 2 aromatic rings. The van der Waals surface area contributed by atoms with E-state index in [0.717, 1.165) is 87.3 Å². The third-order valence-corrected chi connectivity index (χ3v) is 6.69. The molecule has 3 heterocycles. The first kappa shape index (κ1) is 31.0. The Hall–Kier alpha value is -2.19. The van der Waals surface area contributed by atoms with Crippen molar-refractivity contribution in [2.24, 2.45) is 4.99 Å². The van der Waals surface area contributed by atoms with E-state index in [1.807, 2.05) is 55.9 Å². The molecule has 0 aliphatic carbocycles. The predicted molar refractivity (Wildman–Crippen MR) is 160 cm³/mol. The van der Waals surface area contributed by atoms with Crippen molar-refractivity contribution in [2.75, 3.05) is 70.9 Å². The van der Waals surface area contributed by atoms with Crippen LogP contribution in [0.1, 0.15) is 40.5 Å². The van der Waals surface area contributed by atoms with Gasteiger partial charge in [0.2, 0.25) is 0 Å². The SMILES string of the molecule is C=c1c(N2CCOC(CCN3CCN(C)CC3)C2)nn(-c2ccc(Cl)cc2)c1=C.CC.CCC=NCC. The van der Waals surface area contributed by atoms with E-state index in [1.54, 1.807) is 0 Å². The fraction of sp³-hybridized carbons (Fsp3) is 0.586. The minimum atomic E-state index is 0.219. The number of aliphatic imine (C=N–C) groups is 1. The zero-order valence-electron chi connectivity index (χ0n) is 23.6. The molecule has 2 aliphatic heterocycles. The Bertz CT molecular complexity index is 1020. The Labute approximate surface area is 229 Å². The van der Waals surface area contributed by atoms with Crippen molar-refractivity contribution >= 4 is 36.8 Å². The van der Waals surface area contributed by atoms with E-state index in [2.05, 4.69) is 46.8 Å². The number of ether oxygens (including phenoxy) is 1. The maximum Gasteiger partial charge on any atom is 0.158 e. The van der Waals surface area contributed by atoms with E-state index < -0.39 is 0 Å². The molecular weight excluding hydrogens is 484 g/mol. The van der Waals surface area contributed by atoms with Gasteiger partial charge in [0.15, 0.2) is 5.82 Å². The lowest BCUT2D eigenvalue weighted by molar-refractivity contribution is 0.0247. The number of nitrogens with zero attached hydrogens (tertiary/aromatic N) is 6. The minimum absolute atomic E-state index is 0.219. The molecule has 4 rings (SSSR count). The molecule has 2 aliphatic rings. The van der Waals surface area contributed by atoms with Crippen LogP contribution in [0.5, 0.6) is 0 Å². The van der Waals surface area contributed by atoms with Crippen molar-refractivity contribution in [2.45, 2.75) is 46.6 Å². The predicted octanol–water partition coefficient (Wildman–Crippen LogP) is 3.70. The molecular formula is C29H47ClN6O. The molecule has 1 aromatic carbocycles. The van der Waals surface area contributed by atoms with Crippen LogP contribution in [0.3, 0.4) is 0 Å². The summed E-state index contributed by atoms with van der Waals surface area (Å²) in [7, 11) is 2.19. The lowest BCUT2D eigenvalue weighted by Crippen LogP contribution is -2.48. The molecule has 0 bridgehead atoms. The van der Waals surface area contributed by atoms with Gasteiger partial charge < -0.3 is 19.4 Å². The molecule has 0 radical (unpaired) electrons. The number of morpholine rings is 1. The molecule has 2 saturated heterocycles. The summed E-state index contributed by atoms with van der Waals surface area (Å²) in [5.74, 6) is 0.901. The first-order valence-electron chi connectivity index (χ1n) is 13.7. The molecule has 1 atom stereocenters. The molecule has 1 unspecified atom stereocenters. The molecule has 8 heteroatoms. The number of benzene rings is 1. The maximum atomic E-state index is 6.05. The number of hydrogen-bond acceptors (Lipinski definition) is 6. The van der Waals surface area contributed by atoms with E-state index >= 15 is 0 Å². The van der Waals surface area contributed by atoms with Crippen molar-refractivity contribution in [3.8, 4) is 5.69 Å². The smallest absolute Gasteiger partial charge is 0.158 e. The number of likely N-dealkylation sites (N-methyl/N-ethyl adjacent to an activating group) is 1. The van der Waals surface area contributed by atoms with Gasteiger partial charge in [-0.05, 0) is 57.3 Å². The van der Waals surface area contributed by atoms with Crippen molar-refractivity contribution in [3.05, 3.63) is 39.9 Å². The van der Waals surface area contributed by atoms with Gasteiger partial charge in [-0.15, -0.1) is 5.10 Å². The van der Waals surface area contributed by atoms with Crippen molar-refractivity contribution in [3.63, 3.8) is 0 Å². The molecule has 0 saturated carbocycles. The number of rotatable bonds is 7. The van der Waals surface area contributed by atoms with Crippen molar-refractivity contribution in [1.82, 2.24) is 19.6 Å². The van der Waals surface area contributed by atoms with Gasteiger partial charge in [-0.1, -0.05) is 45.5 Å². The second kappa shape index (κ2) is 16.6. The van der Waals surface area contributed by atoms with E-state index in [1.165, 1.54) is 0 Å². The molecule has 37 heavy (non-hydrogen) atoms. The third-order valence-electron chi connectivity index (χ3n) is 6.44. The summed E-state index contributed by atoms with van der Waals surface area (Å²) in [4.78, 5) is 11.2. The fourth-order valence-electron chi connectivity index (χ4n) is 4.26. The summed E-state index contributed by atoms with van der Waals surface area (Å²) < 4.78 is 7.90. The van der Waals surface area contributed by atoms with Crippen LogP contribution in [0.25, 0.3) is 18.8 Å². The number of aromatic nitrogens is 2. The molecule has 2 fully saturated rings. The van der Waals surface area contributed by atoms with Gasteiger partial charge in [-0.2, -0.15) is 0 Å². The number of anilines is 1. The van der Waals surface area contributed by atoms with Crippen molar-refractivity contribution < 1.29 is 4.74 Å². The number of halogens is 1. The minimum Gasteiger partial charge on any atom is -0.374 e. The molecule has 0 amide bonds. The number of piperazine rings is 1. The normalized spacial score (nSPS) is 18.8. The van der Waals surface area contributed by atoms with Crippen LogP contribution in [0.4, 0.5) is 5.82 Å². The summed E-state index contributed by atoms with van der Waals surface area (Å²) in [6.07, 6.45) is 4.26. The highest BCUT2D eigenvalue weighted by Gasteiger charge is 2.24. The highest BCUT2D eigenvalue weighted by molar-refractivity contribution is 6.30. The summed E-state index contributed by atoms with van der Waals surface area (Å²) in [6, 6.07) is 7.63. The summed E-state index contributed by atoms with van der Waals surface area (Å²) >= 11 is 6.02. The van der Waals surface area contributed by atoms with Crippen LogP contribution in [-0.2, 0) is 4.74 Å². The highest BCUT2D eigenvalue weighted by atomic mass is 35.5. The summed E-state index contributed by atoms with van der Waals surface area (Å²) in [5.41, 5.74) is 0.940. The third kappa shape index (κ3) is 9.56. The lowest BCUT2D eigenvalue weighted by Gasteiger charge is -2.36. The van der Waals surface area contributed by atoms with E-state index in [4.69, 9.17) is 21.4 Å². The van der Waals surface area contributed by atoms with Crippen LogP contribution in [-0.4, -0.2) is 97.9 Å². The number of hydrogen-bond donors (Lipinski definition) is 0. The van der Waals surface area contributed by atoms with Gasteiger partial charge in [0, 0.05) is 62.6 Å². The van der Waals surface area contributed by atoms with Gasteiger partial charge in [0.1, 0.15) is 0 Å². The van der Waals surface area contributed by atoms with Crippen LogP contribution in [0.15, 0.2) is 29.3 Å². The maximum absolute atomic E-state index is 6.05. The Morgan fingerprint density at radius 1 is 1.08 bits per heavy atom. The van der Waals surface area contributed by atoms with E-state index in [-0.39, 0.29) is 6.10 Å².